The van der Waals surface area contributed by atoms with Gasteiger partial charge in [0.15, 0.2) is 0 Å². The first-order valence-electron chi connectivity index (χ1n) is 7.85. The molecule has 7 heteroatoms. The van der Waals surface area contributed by atoms with Gasteiger partial charge in [-0.05, 0) is 18.2 Å². The summed E-state index contributed by atoms with van der Waals surface area (Å²) in [4.78, 5) is 36.3. The highest BCUT2D eigenvalue weighted by Gasteiger charge is 2.12. The Morgan fingerprint density at radius 3 is 2.80 bits per heavy atom. The largest absolute Gasteiger partial charge is 0.349 e. The van der Waals surface area contributed by atoms with E-state index in [0.29, 0.717) is 17.6 Å². The van der Waals surface area contributed by atoms with Crippen LogP contribution in [0.15, 0.2) is 59.8 Å². The zero-order valence-corrected chi connectivity index (χ0v) is 13.3. The fourth-order valence-corrected chi connectivity index (χ4v) is 2.75. The van der Waals surface area contributed by atoms with Crippen molar-refractivity contribution in [3.05, 3.63) is 71.0 Å². The van der Waals surface area contributed by atoms with Crippen LogP contribution in [0.4, 0.5) is 0 Å². The van der Waals surface area contributed by atoms with Crippen molar-refractivity contribution in [3.63, 3.8) is 0 Å². The molecule has 7 nitrogen and oxygen atoms in total. The molecule has 0 unspecified atom stereocenters. The summed E-state index contributed by atoms with van der Waals surface area (Å²) in [5.74, 6) is -0.273. The molecule has 3 heterocycles. The molecule has 0 aliphatic rings. The molecule has 1 amide bonds. The zero-order valence-electron chi connectivity index (χ0n) is 13.3. The zero-order chi connectivity index (χ0) is 17.2. The van der Waals surface area contributed by atoms with Gasteiger partial charge in [0.25, 0.3) is 5.56 Å². The summed E-state index contributed by atoms with van der Waals surface area (Å²) in [7, 11) is 0. The number of H-pyrrole nitrogens is 1. The lowest BCUT2D eigenvalue weighted by Gasteiger charge is -2.06. The van der Waals surface area contributed by atoms with Crippen LogP contribution in [-0.4, -0.2) is 25.4 Å². The molecule has 0 saturated heterocycles. The fourth-order valence-electron chi connectivity index (χ4n) is 2.75. The van der Waals surface area contributed by atoms with Crippen molar-refractivity contribution in [3.8, 4) is 0 Å². The quantitative estimate of drug-likeness (QED) is 0.593. The molecule has 1 aromatic carbocycles. The van der Waals surface area contributed by atoms with E-state index in [1.54, 1.807) is 6.20 Å². The predicted octanol–water partition coefficient (Wildman–Crippen LogP) is 1.59. The third-order valence-corrected chi connectivity index (χ3v) is 3.99. The van der Waals surface area contributed by atoms with Crippen LogP contribution < -0.4 is 10.9 Å². The summed E-state index contributed by atoms with van der Waals surface area (Å²) < 4.78 is 1.30. The Bertz CT molecular complexity index is 1110. The van der Waals surface area contributed by atoms with Gasteiger partial charge in [-0.3, -0.25) is 19.1 Å². The van der Waals surface area contributed by atoms with Crippen molar-refractivity contribution in [2.24, 2.45) is 0 Å². The van der Waals surface area contributed by atoms with Crippen LogP contribution in [-0.2, 0) is 17.9 Å². The van der Waals surface area contributed by atoms with Crippen molar-refractivity contribution >= 4 is 27.8 Å². The maximum Gasteiger partial charge on any atom is 0.278 e. The second-order valence-corrected chi connectivity index (χ2v) is 5.67. The number of carbonyl (C=O) groups is 1. The first kappa shape index (κ1) is 15.1. The third-order valence-electron chi connectivity index (χ3n) is 3.99. The number of hydrogen-bond acceptors (Lipinski definition) is 4. The second kappa shape index (κ2) is 6.20. The minimum atomic E-state index is -0.273. The normalized spacial score (nSPS) is 11.0. The average Bonchev–Trinajstić information content (AvgIpc) is 3.03. The van der Waals surface area contributed by atoms with Gasteiger partial charge in [-0.2, -0.15) is 0 Å². The maximum atomic E-state index is 12.6. The van der Waals surface area contributed by atoms with Crippen molar-refractivity contribution < 1.29 is 4.79 Å². The number of aromatic nitrogens is 4. The van der Waals surface area contributed by atoms with Crippen LogP contribution in [0.1, 0.15) is 5.69 Å². The van der Waals surface area contributed by atoms with Gasteiger partial charge in [-0.15, -0.1) is 0 Å². The molecule has 0 bridgehead atoms. The Kier molecular flexibility index (Phi) is 3.74. The van der Waals surface area contributed by atoms with Gasteiger partial charge in [-0.1, -0.05) is 24.3 Å². The summed E-state index contributed by atoms with van der Waals surface area (Å²) in [5.41, 5.74) is 2.35. The number of benzene rings is 1. The molecule has 4 aromatic rings. The standard InChI is InChI=1S/C18H15N5O2/c24-15(20-9-12-5-3-4-8-19-12)10-23-11-21-16-13-6-1-2-7-14(13)22-17(16)18(23)25/h1-8,11,22H,9-10H2,(H,20,24). The third kappa shape index (κ3) is 2.87. The molecule has 0 fully saturated rings. The highest BCUT2D eigenvalue weighted by Crippen LogP contribution is 2.20. The Balaban J connectivity index is 1.57. The minimum Gasteiger partial charge on any atom is -0.349 e. The number of rotatable bonds is 4. The van der Waals surface area contributed by atoms with Crippen molar-refractivity contribution in [1.29, 1.82) is 0 Å². The van der Waals surface area contributed by atoms with E-state index < -0.39 is 0 Å². The van der Waals surface area contributed by atoms with Crippen LogP contribution in [0.5, 0.6) is 0 Å². The lowest BCUT2D eigenvalue weighted by atomic mass is 10.2. The fraction of sp³-hybridized carbons (Fsp3) is 0.111. The van der Waals surface area contributed by atoms with Gasteiger partial charge in [0.2, 0.25) is 5.91 Å². The van der Waals surface area contributed by atoms with Crippen LogP contribution in [0.2, 0.25) is 0 Å². The average molecular weight is 333 g/mol. The van der Waals surface area contributed by atoms with Crippen molar-refractivity contribution in [1.82, 2.24) is 24.8 Å². The number of nitrogens with one attached hydrogen (secondary N) is 2. The highest BCUT2D eigenvalue weighted by atomic mass is 16.2. The van der Waals surface area contributed by atoms with E-state index in [1.807, 2.05) is 42.5 Å². The molecule has 0 radical (unpaired) electrons. The van der Waals surface area contributed by atoms with E-state index in [0.717, 1.165) is 16.6 Å². The smallest absolute Gasteiger partial charge is 0.278 e. The van der Waals surface area contributed by atoms with Crippen molar-refractivity contribution in [2.45, 2.75) is 13.1 Å². The molecular weight excluding hydrogens is 318 g/mol. The number of carbonyl (C=O) groups excluding carboxylic acids is 1. The summed E-state index contributed by atoms with van der Waals surface area (Å²) in [5, 5.41) is 3.64. The summed E-state index contributed by atoms with van der Waals surface area (Å²) in [6.45, 7) is 0.223. The molecule has 0 spiro atoms. The van der Waals surface area contributed by atoms with Crippen LogP contribution >= 0.6 is 0 Å². The van der Waals surface area contributed by atoms with Crippen LogP contribution in [0, 0.1) is 0 Å². The van der Waals surface area contributed by atoms with Gasteiger partial charge in [0, 0.05) is 17.1 Å². The number of hydrogen-bond donors (Lipinski definition) is 2. The van der Waals surface area contributed by atoms with E-state index in [2.05, 4.69) is 20.3 Å². The van der Waals surface area contributed by atoms with E-state index in [1.165, 1.54) is 10.9 Å². The second-order valence-electron chi connectivity index (χ2n) is 5.67. The van der Waals surface area contributed by atoms with Gasteiger partial charge in [-0.25, -0.2) is 4.98 Å². The lowest BCUT2D eigenvalue weighted by Crippen LogP contribution is -2.32. The van der Waals surface area contributed by atoms with E-state index in [4.69, 9.17) is 0 Å². The Morgan fingerprint density at radius 1 is 1.12 bits per heavy atom. The topological polar surface area (TPSA) is 92.7 Å². The molecule has 3 aromatic heterocycles. The Hall–Kier alpha value is -3.48. The lowest BCUT2D eigenvalue weighted by molar-refractivity contribution is -0.121. The van der Waals surface area contributed by atoms with E-state index >= 15 is 0 Å². The minimum absolute atomic E-state index is 0.0933. The molecule has 124 valence electrons. The first-order valence-corrected chi connectivity index (χ1v) is 7.85. The number of fused-ring (bicyclic) bond motifs is 3. The van der Waals surface area contributed by atoms with E-state index in [-0.39, 0.29) is 18.0 Å². The van der Waals surface area contributed by atoms with Crippen LogP contribution in [0.25, 0.3) is 21.9 Å². The van der Waals surface area contributed by atoms with Gasteiger partial charge in [0.1, 0.15) is 17.6 Å². The monoisotopic (exact) mass is 333 g/mol. The number of aromatic amines is 1. The highest BCUT2D eigenvalue weighted by molar-refractivity contribution is 6.04. The summed E-state index contributed by atoms with van der Waals surface area (Å²) in [6.07, 6.45) is 3.07. The molecule has 2 N–H and O–H groups in total. The van der Waals surface area contributed by atoms with E-state index in [9.17, 15) is 9.59 Å². The molecule has 0 saturated carbocycles. The maximum absolute atomic E-state index is 12.6. The molecule has 0 atom stereocenters. The Labute approximate surface area is 142 Å². The number of amides is 1. The SMILES string of the molecule is O=C(Cn1cnc2c([nH]c3ccccc32)c1=O)NCc1ccccn1. The predicted molar refractivity (Wildman–Crippen MR) is 93.9 cm³/mol. The molecule has 0 aliphatic carbocycles. The Morgan fingerprint density at radius 2 is 1.96 bits per heavy atom. The molecule has 25 heavy (non-hydrogen) atoms. The molecule has 4 rings (SSSR count). The molecule has 0 aliphatic heterocycles. The van der Waals surface area contributed by atoms with Gasteiger partial charge >= 0.3 is 0 Å². The first-order chi connectivity index (χ1) is 12.2. The number of pyridine rings is 1. The number of para-hydroxylation sites is 1. The summed E-state index contributed by atoms with van der Waals surface area (Å²) >= 11 is 0. The van der Waals surface area contributed by atoms with Crippen molar-refractivity contribution in [2.75, 3.05) is 0 Å². The molecular formula is C18H15N5O2. The van der Waals surface area contributed by atoms with Crippen LogP contribution in [0.3, 0.4) is 0 Å². The summed E-state index contributed by atoms with van der Waals surface area (Å²) in [6, 6.07) is 13.1. The van der Waals surface area contributed by atoms with Gasteiger partial charge in [0.05, 0.1) is 18.6 Å². The van der Waals surface area contributed by atoms with Gasteiger partial charge < -0.3 is 10.3 Å². The number of nitrogens with zero attached hydrogens (tertiary/aromatic N) is 3.